The molecule has 3 rings (SSSR count). The Morgan fingerprint density at radius 1 is 1.23 bits per heavy atom. The number of carbonyl (C=O) groups is 1. The molecular formula is C19H21ClFN3O2. The third-order valence-electron chi connectivity index (χ3n) is 4.24. The molecule has 0 atom stereocenters. The maximum Gasteiger partial charge on any atom is 0.258 e. The van der Waals surface area contributed by atoms with Gasteiger partial charge < -0.3 is 15.0 Å². The first-order valence-corrected chi connectivity index (χ1v) is 9.04. The molecule has 0 saturated carbocycles. The van der Waals surface area contributed by atoms with Gasteiger partial charge in [-0.1, -0.05) is 17.7 Å². The van der Waals surface area contributed by atoms with Crippen LogP contribution in [0.3, 0.4) is 0 Å². The molecule has 7 heteroatoms. The molecule has 1 aliphatic heterocycles. The molecule has 1 fully saturated rings. The van der Waals surface area contributed by atoms with Gasteiger partial charge in [0.15, 0.2) is 6.61 Å². The first-order chi connectivity index (χ1) is 12.6. The van der Waals surface area contributed by atoms with Crippen molar-refractivity contribution in [1.82, 2.24) is 10.3 Å². The highest BCUT2D eigenvalue weighted by atomic mass is 35.5. The van der Waals surface area contributed by atoms with Crippen LogP contribution in [0.4, 0.5) is 10.2 Å². The van der Waals surface area contributed by atoms with Gasteiger partial charge >= 0.3 is 0 Å². The summed E-state index contributed by atoms with van der Waals surface area (Å²) in [6.07, 6.45) is 5.48. The fraction of sp³-hybridized carbons (Fsp3) is 0.368. The van der Waals surface area contributed by atoms with Crippen LogP contribution >= 0.6 is 11.6 Å². The van der Waals surface area contributed by atoms with Crippen molar-refractivity contribution >= 4 is 23.3 Å². The lowest BCUT2D eigenvalue weighted by Crippen LogP contribution is -2.30. The van der Waals surface area contributed by atoms with Gasteiger partial charge in [-0.25, -0.2) is 9.37 Å². The number of hydrogen-bond donors (Lipinski definition) is 1. The minimum absolute atomic E-state index is 0.0391. The zero-order valence-corrected chi connectivity index (χ0v) is 15.1. The summed E-state index contributed by atoms with van der Waals surface area (Å²) in [5.74, 6) is 0.532. The van der Waals surface area contributed by atoms with Gasteiger partial charge in [-0.15, -0.1) is 0 Å². The van der Waals surface area contributed by atoms with E-state index in [0.29, 0.717) is 12.3 Å². The van der Waals surface area contributed by atoms with E-state index in [9.17, 15) is 9.18 Å². The number of nitrogens with zero attached hydrogens (tertiary/aromatic N) is 2. The summed E-state index contributed by atoms with van der Waals surface area (Å²) in [6, 6.07) is 7.93. The number of piperidine rings is 1. The van der Waals surface area contributed by atoms with Crippen LogP contribution in [0.1, 0.15) is 24.8 Å². The zero-order valence-electron chi connectivity index (χ0n) is 14.4. The van der Waals surface area contributed by atoms with E-state index in [1.54, 1.807) is 6.20 Å². The van der Waals surface area contributed by atoms with Gasteiger partial charge in [-0.2, -0.15) is 0 Å². The van der Waals surface area contributed by atoms with E-state index in [1.165, 1.54) is 37.5 Å². The number of hydrogen-bond acceptors (Lipinski definition) is 4. The van der Waals surface area contributed by atoms with Gasteiger partial charge in [0, 0.05) is 31.9 Å². The average Bonchev–Trinajstić information content (AvgIpc) is 2.68. The number of halogens is 2. The standard InChI is InChI=1S/C19H21ClFN3O2/c20-16-10-15(5-6-17(16)21)26-13-19(25)23-12-14-4-7-18(22-11-14)24-8-2-1-3-9-24/h4-7,10-11H,1-3,8-9,12-13H2,(H,23,25). The average molecular weight is 378 g/mol. The molecule has 5 nitrogen and oxygen atoms in total. The van der Waals surface area contributed by atoms with Gasteiger partial charge in [0.1, 0.15) is 17.4 Å². The first-order valence-electron chi connectivity index (χ1n) is 8.66. The number of ether oxygens (including phenoxy) is 1. The highest BCUT2D eigenvalue weighted by Gasteiger charge is 2.12. The van der Waals surface area contributed by atoms with Crippen molar-refractivity contribution in [1.29, 1.82) is 0 Å². The number of nitrogens with one attached hydrogen (secondary N) is 1. The third-order valence-corrected chi connectivity index (χ3v) is 4.53. The molecule has 1 saturated heterocycles. The van der Waals surface area contributed by atoms with Crippen molar-refractivity contribution in [2.45, 2.75) is 25.8 Å². The summed E-state index contributed by atoms with van der Waals surface area (Å²) in [7, 11) is 0. The van der Waals surface area contributed by atoms with Crippen molar-refractivity contribution in [3.05, 3.63) is 52.9 Å². The van der Waals surface area contributed by atoms with Crippen molar-refractivity contribution in [2.24, 2.45) is 0 Å². The molecule has 138 valence electrons. The Hall–Kier alpha value is -2.34. The van der Waals surface area contributed by atoms with E-state index in [-0.39, 0.29) is 17.5 Å². The van der Waals surface area contributed by atoms with Crippen LogP contribution in [-0.4, -0.2) is 30.6 Å². The Morgan fingerprint density at radius 3 is 2.73 bits per heavy atom. The van der Waals surface area contributed by atoms with Crippen LogP contribution in [0.5, 0.6) is 5.75 Å². The minimum atomic E-state index is -0.524. The molecule has 2 heterocycles. The number of carbonyl (C=O) groups excluding carboxylic acids is 1. The van der Waals surface area contributed by atoms with Gasteiger partial charge in [-0.05, 0) is 43.0 Å². The first kappa shape index (κ1) is 18.5. The Morgan fingerprint density at radius 2 is 2.04 bits per heavy atom. The van der Waals surface area contributed by atoms with Crippen molar-refractivity contribution in [3.63, 3.8) is 0 Å². The highest BCUT2D eigenvalue weighted by molar-refractivity contribution is 6.30. The van der Waals surface area contributed by atoms with Crippen molar-refractivity contribution in [2.75, 3.05) is 24.6 Å². The molecule has 0 bridgehead atoms. The van der Waals surface area contributed by atoms with Gasteiger partial charge in [0.05, 0.1) is 5.02 Å². The van der Waals surface area contributed by atoms with Crippen LogP contribution < -0.4 is 15.0 Å². The summed E-state index contributed by atoms with van der Waals surface area (Å²) in [5.41, 5.74) is 0.920. The van der Waals surface area contributed by atoms with Crippen LogP contribution in [0.15, 0.2) is 36.5 Å². The molecule has 2 aromatic rings. The third kappa shape index (κ3) is 5.08. The summed E-state index contributed by atoms with van der Waals surface area (Å²) in [4.78, 5) is 18.7. The molecule has 1 N–H and O–H groups in total. The van der Waals surface area contributed by atoms with E-state index in [1.807, 2.05) is 12.1 Å². The Kier molecular flexibility index (Phi) is 6.28. The van der Waals surface area contributed by atoms with Gasteiger partial charge in [-0.3, -0.25) is 4.79 Å². The summed E-state index contributed by atoms with van der Waals surface area (Å²) < 4.78 is 18.4. The van der Waals surface area contributed by atoms with E-state index in [4.69, 9.17) is 16.3 Å². The largest absolute Gasteiger partial charge is 0.484 e. The lowest BCUT2D eigenvalue weighted by atomic mass is 10.1. The number of amides is 1. The number of anilines is 1. The molecule has 26 heavy (non-hydrogen) atoms. The molecule has 0 radical (unpaired) electrons. The van der Waals surface area contributed by atoms with Crippen LogP contribution in [0.2, 0.25) is 5.02 Å². The maximum atomic E-state index is 13.1. The number of pyridine rings is 1. The smallest absolute Gasteiger partial charge is 0.258 e. The topological polar surface area (TPSA) is 54.5 Å². The molecular weight excluding hydrogens is 357 g/mol. The Labute approximate surface area is 157 Å². The fourth-order valence-corrected chi connectivity index (χ4v) is 2.97. The zero-order chi connectivity index (χ0) is 18.4. The van der Waals surface area contributed by atoms with Crippen LogP contribution in [0.25, 0.3) is 0 Å². The van der Waals surface area contributed by atoms with E-state index >= 15 is 0 Å². The fourth-order valence-electron chi connectivity index (χ4n) is 2.80. The number of benzene rings is 1. The van der Waals surface area contributed by atoms with E-state index < -0.39 is 5.82 Å². The molecule has 0 unspecified atom stereocenters. The SMILES string of the molecule is O=C(COc1ccc(F)c(Cl)c1)NCc1ccc(N2CCCCC2)nc1. The van der Waals surface area contributed by atoms with E-state index in [2.05, 4.69) is 15.2 Å². The lowest BCUT2D eigenvalue weighted by Gasteiger charge is -2.27. The molecule has 1 aromatic carbocycles. The Bertz CT molecular complexity index is 749. The second-order valence-electron chi connectivity index (χ2n) is 6.21. The number of aromatic nitrogens is 1. The second-order valence-corrected chi connectivity index (χ2v) is 6.62. The van der Waals surface area contributed by atoms with Gasteiger partial charge in [0.2, 0.25) is 0 Å². The summed E-state index contributed by atoms with van der Waals surface area (Å²) in [6.45, 7) is 2.31. The maximum absolute atomic E-state index is 13.1. The number of rotatable bonds is 6. The molecule has 0 aliphatic carbocycles. The summed E-state index contributed by atoms with van der Waals surface area (Å²) >= 11 is 5.67. The van der Waals surface area contributed by atoms with Crippen molar-refractivity contribution < 1.29 is 13.9 Å². The van der Waals surface area contributed by atoms with E-state index in [0.717, 1.165) is 24.5 Å². The molecule has 1 aliphatic rings. The monoisotopic (exact) mass is 377 g/mol. The van der Waals surface area contributed by atoms with Gasteiger partial charge in [0.25, 0.3) is 5.91 Å². The minimum Gasteiger partial charge on any atom is -0.484 e. The lowest BCUT2D eigenvalue weighted by molar-refractivity contribution is -0.123. The molecule has 0 spiro atoms. The summed E-state index contributed by atoms with van der Waals surface area (Å²) in [5, 5.41) is 2.73. The Balaban J connectivity index is 1.44. The van der Waals surface area contributed by atoms with Crippen LogP contribution in [0, 0.1) is 5.82 Å². The predicted octanol–water partition coefficient (Wildman–Crippen LogP) is 3.56. The second kappa shape index (κ2) is 8.85. The molecule has 1 aromatic heterocycles. The molecule has 1 amide bonds. The van der Waals surface area contributed by atoms with Crippen LogP contribution in [-0.2, 0) is 11.3 Å². The van der Waals surface area contributed by atoms with Crippen molar-refractivity contribution in [3.8, 4) is 5.75 Å². The normalized spacial score (nSPS) is 14.2. The quantitative estimate of drug-likeness (QED) is 0.836. The highest BCUT2D eigenvalue weighted by Crippen LogP contribution is 2.21. The predicted molar refractivity (Wildman–Crippen MR) is 99.1 cm³/mol.